The molecule has 0 radical (unpaired) electrons. The van der Waals surface area contributed by atoms with Crippen LogP contribution >= 0.6 is 0 Å². The minimum atomic E-state index is 0.539. The second kappa shape index (κ2) is 7.79. The van der Waals surface area contributed by atoms with E-state index < -0.39 is 0 Å². The van der Waals surface area contributed by atoms with Gasteiger partial charge in [-0.3, -0.25) is 4.90 Å². The fourth-order valence-corrected chi connectivity index (χ4v) is 4.10. The molecule has 0 amide bonds. The van der Waals surface area contributed by atoms with Crippen LogP contribution in [0.25, 0.3) is 0 Å². The van der Waals surface area contributed by atoms with E-state index in [9.17, 15) is 0 Å². The molecule has 20 heavy (non-hydrogen) atoms. The summed E-state index contributed by atoms with van der Waals surface area (Å²) in [5.74, 6) is 0. The highest BCUT2D eigenvalue weighted by molar-refractivity contribution is 4.94. The van der Waals surface area contributed by atoms with Crippen LogP contribution in [0.4, 0.5) is 0 Å². The predicted octanol–water partition coefficient (Wildman–Crippen LogP) is 4.20. The highest BCUT2D eigenvalue weighted by atomic mass is 15.2. The Labute approximate surface area is 126 Å². The molecule has 2 fully saturated rings. The van der Waals surface area contributed by atoms with Gasteiger partial charge in [-0.25, -0.2) is 0 Å². The minimum absolute atomic E-state index is 0.539. The molecule has 0 bridgehead atoms. The number of likely N-dealkylation sites (tertiary alicyclic amines) is 1. The van der Waals surface area contributed by atoms with Crippen LogP contribution in [-0.2, 0) is 0 Å². The first-order valence-electron chi connectivity index (χ1n) is 9.10. The van der Waals surface area contributed by atoms with Crippen molar-refractivity contribution >= 4 is 0 Å². The van der Waals surface area contributed by atoms with Crippen LogP contribution in [0, 0.1) is 5.41 Å². The fourth-order valence-electron chi connectivity index (χ4n) is 4.10. The average molecular weight is 280 g/mol. The summed E-state index contributed by atoms with van der Waals surface area (Å²) in [6.07, 6.45) is 12.6. The molecule has 1 saturated heterocycles. The standard InChI is InChI=1S/C18H36N2/c1-4-12-19-16-10-11-18(2,3)15-17(16)20-13-8-6-5-7-9-14-20/h16-17,19H,4-15H2,1-3H3. The summed E-state index contributed by atoms with van der Waals surface area (Å²) in [5.41, 5.74) is 0.539. The number of hydrogen-bond donors (Lipinski definition) is 1. The van der Waals surface area contributed by atoms with Crippen molar-refractivity contribution in [2.45, 2.75) is 90.6 Å². The summed E-state index contributed by atoms with van der Waals surface area (Å²) in [6, 6.07) is 1.52. The highest BCUT2D eigenvalue weighted by Gasteiger charge is 2.37. The molecule has 1 heterocycles. The SMILES string of the molecule is CCCNC1CCC(C)(C)CC1N1CCCCCCC1. The van der Waals surface area contributed by atoms with Gasteiger partial charge in [0.25, 0.3) is 0 Å². The van der Waals surface area contributed by atoms with E-state index in [1.54, 1.807) is 0 Å². The normalized spacial score (nSPS) is 32.5. The van der Waals surface area contributed by atoms with Crippen molar-refractivity contribution < 1.29 is 0 Å². The van der Waals surface area contributed by atoms with E-state index >= 15 is 0 Å². The summed E-state index contributed by atoms with van der Waals surface area (Å²) < 4.78 is 0. The summed E-state index contributed by atoms with van der Waals surface area (Å²) in [4.78, 5) is 2.84. The minimum Gasteiger partial charge on any atom is -0.312 e. The van der Waals surface area contributed by atoms with Gasteiger partial charge in [0.05, 0.1) is 0 Å². The molecule has 1 aliphatic heterocycles. The molecular formula is C18H36N2. The topological polar surface area (TPSA) is 15.3 Å². The molecule has 2 atom stereocenters. The van der Waals surface area contributed by atoms with Gasteiger partial charge in [0, 0.05) is 12.1 Å². The van der Waals surface area contributed by atoms with Gasteiger partial charge in [0.2, 0.25) is 0 Å². The summed E-state index contributed by atoms with van der Waals surface area (Å²) >= 11 is 0. The van der Waals surface area contributed by atoms with Gasteiger partial charge in [-0.2, -0.15) is 0 Å². The fraction of sp³-hybridized carbons (Fsp3) is 1.00. The molecule has 2 unspecified atom stereocenters. The average Bonchev–Trinajstić information content (AvgIpc) is 2.36. The second-order valence-electron chi connectivity index (χ2n) is 7.84. The van der Waals surface area contributed by atoms with Gasteiger partial charge in [0.1, 0.15) is 0 Å². The van der Waals surface area contributed by atoms with Crippen LogP contribution in [0.5, 0.6) is 0 Å². The van der Waals surface area contributed by atoms with Crippen molar-refractivity contribution in [3.63, 3.8) is 0 Å². The molecule has 2 heteroatoms. The van der Waals surface area contributed by atoms with Crippen molar-refractivity contribution in [2.75, 3.05) is 19.6 Å². The first-order valence-corrected chi connectivity index (χ1v) is 9.10. The Morgan fingerprint density at radius 3 is 2.35 bits per heavy atom. The van der Waals surface area contributed by atoms with Crippen molar-refractivity contribution in [3.05, 3.63) is 0 Å². The van der Waals surface area contributed by atoms with Gasteiger partial charge in [-0.1, -0.05) is 40.0 Å². The van der Waals surface area contributed by atoms with Gasteiger partial charge < -0.3 is 5.32 Å². The molecule has 0 aromatic carbocycles. The Hall–Kier alpha value is -0.0800. The number of nitrogens with zero attached hydrogens (tertiary/aromatic N) is 1. The molecule has 2 aliphatic rings. The first kappa shape index (κ1) is 16.3. The monoisotopic (exact) mass is 280 g/mol. The Morgan fingerprint density at radius 2 is 1.70 bits per heavy atom. The molecule has 1 N–H and O–H groups in total. The van der Waals surface area contributed by atoms with Crippen LogP contribution in [0.1, 0.15) is 78.6 Å². The molecule has 0 spiro atoms. The Morgan fingerprint density at radius 1 is 1.05 bits per heavy atom. The smallest absolute Gasteiger partial charge is 0.0254 e. The van der Waals surface area contributed by atoms with Crippen molar-refractivity contribution in [3.8, 4) is 0 Å². The van der Waals surface area contributed by atoms with Crippen LogP contribution in [0.3, 0.4) is 0 Å². The first-order chi connectivity index (χ1) is 9.62. The van der Waals surface area contributed by atoms with E-state index in [1.807, 2.05) is 0 Å². The maximum Gasteiger partial charge on any atom is 0.0254 e. The van der Waals surface area contributed by atoms with Crippen LogP contribution < -0.4 is 5.32 Å². The Kier molecular flexibility index (Phi) is 6.35. The van der Waals surface area contributed by atoms with Crippen LogP contribution in [0.2, 0.25) is 0 Å². The molecule has 1 saturated carbocycles. The van der Waals surface area contributed by atoms with Gasteiger partial charge in [-0.05, 0) is 63.6 Å². The molecule has 0 aromatic rings. The molecular weight excluding hydrogens is 244 g/mol. The zero-order chi connectivity index (χ0) is 14.4. The Balaban J connectivity index is 2.00. The lowest BCUT2D eigenvalue weighted by Gasteiger charge is -2.47. The third-order valence-corrected chi connectivity index (χ3v) is 5.37. The molecule has 2 rings (SSSR count). The molecule has 2 nitrogen and oxygen atoms in total. The molecule has 0 aromatic heterocycles. The van der Waals surface area contributed by atoms with Gasteiger partial charge in [-0.15, -0.1) is 0 Å². The largest absolute Gasteiger partial charge is 0.312 e. The quantitative estimate of drug-likeness (QED) is 0.830. The van der Waals surface area contributed by atoms with E-state index in [4.69, 9.17) is 0 Å². The zero-order valence-electron chi connectivity index (χ0n) is 14.1. The van der Waals surface area contributed by atoms with E-state index in [-0.39, 0.29) is 0 Å². The number of nitrogens with one attached hydrogen (secondary N) is 1. The number of rotatable bonds is 4. The van der Waals surface area contributed by atoms with Gasteiger partial charge in [0.15, 0.2) is 0 Å². The summed E-state index contributed by atoms with van der Waals surface area (Å²) in [6.45, 7) is 11.1. The molecule has 118 valence electrons. The summed E-state index contributed by atoms with van der Waals surface area (Å²) in [5, 5.41) is 3.85. The van der Waals surface area contributed by atoms with Crippen molar-refractivity contribution in [1.29, 1.82) is 0 Å². The van der Waals surface area contributed by atoms with Crippen LogP contribution in [0.15, 0.2) is 0 Å². The van der Waals surface area contributed by atoms with Gasteiger partial charge >= 0.3 is 0 Å². The predicted molar refractivity (Wildman–Crippen MR) is 88.2 cm³/mol. The highest BCUT2D eigenvalue weighted by Crippen LogP contribution is 2.38. The Bertz CT molecular complexity index is 267. The maximum atomic E-state index is 3.85. The third kappa shape index (κ3) is 4.73. The van der Waals surface area contributed by atoms with E-state index in [0.29, 0.717) is 5.41 Å². The maximum absolute atomic E-state index is 3.85. The lowest BCUT2D eigenvalue weighted by Crippen LogP contribution is -2.55. The van der Waals surface area contributed by atoms with E-state index in [0.717, 1.165) is 12.1 Å². The van der Waals surface area contributed by atoms with Crippen LogP contribution in [-0.4, -0.2) is 36.6 Å². The van der Waals surface area contributed by atoms with E-state index in [2.05, 4.69) is 31.0 Å². The van der Waals surface area contributed by atoms with Crippen molar-refractivity contribution in [1.82, 2.24) is 10.2 Å². The van der Waals surface area contributed by atoms with Crippen molar-refractivity contribution in [2.24, 2.45) is 5.41 Å². The summed E-state index contributed by atoms with van der Waals surface area (Å²) in [7, 11) is 0. The zero-order valence-corrected chi connectivity index (χ0v) is 14.1. The lowest BCUT2D eigenvalue weighted by molar-refractivity contribution is 0.0593. The molecule has 1 aliphatic carbocycles. The third-order valence-electron chi connectivity index (χ3n) is 5.37. The lowest BCUT2D eigenvalue weighted by atomic mass is 9.72. The second-order valence-corrected chi connectivity index (χ2v) is 7.84. The van der Waals surface area contributed by atoms with E-state index in [1.165, 1.54) is 77.4 Å². The number of hydrogen-bond acceptors (Lipinski definition) is 2.